The van der Waals surface area contributed by atoms with Crippen LogP contribution in [0.25, 0.3) is 22.2 Å². The second kappa shape index (κ2) is 13.0. The van der Waals surface area contributed by atoms with Crippen LogP contribution in [0.4, 0.5) is 5.69 Å². The summed E-state index contributed by atoms with van der Waals surface area (Å²) in [6.07, 6.45) is 1.84. The van der Waals surface area contributed by atoms with E-state index in [1.54, 1.807) is 4.57 Å². The van der Waals surface area contributed by atoms with Gasteiger partial charge in [0, 0.05) is 75.0 Å². The Bertz CT molecular complexity index is 1980. The largest absolute Gasteiger partial charge is 0.381 e. The van der Waals surface area contributed by atoms with Crippen LogP contribution < -0.4 is 21.5 Å². The van der Waals surface area contributed by atoms with Crippen LogP contribution in [0.2, 0.25) is 0 Å². The highest BCUT2D eigenvalue weighted by molar-refractivity contribution is 5.99. The lowest BCUT2D eigenvalue weighted by molar-refractivity contribution is -0.0983. The smallest absolute Gasteiger partial charge is 0.329 e. The molecule has 0 aliphatic carbocycles. The Hall–Kier alpha value is -4.19. The molecule has 0 radical (unpaired) electrons. The van der Waals surface area contributed by atoms with Crippen molar-refractivity contribution in [3.05, 3.63) is 85.2 Å². The number of rotatable bonds is 9. The number of anilines is 1. The monoisotopic (exact) mass is 654 g/mol. The minimum absolute atomic E-state index is 0.0145. The van der Waals surface area contributed by atoms with Crippen molar-refractivity contribution >= 4 is 22.6 Å². The molecule has 11 heteroatoms. The third-order valence-corrected chi connectivity index (χ3v) is 10.6. The molecule has 0 bridgehead atoms. The van der Waals surface area contributed by atoms with E-state index < -0.39 is 0 Å². The summed E-state index contributed by atoms with van der Waals surface area (Å²) in [6.45, 7) is 13.4. The Morgan fingerprint density at radius 1 is 0.958 bits per heavy atom. The lowest BCUT2D eigenvalue weighted by Crippen LogP contribution is -2.60. The molecule has 2 aromatic carbocycles. The summed E-state index contributed by atoms with van der Waals surface area (Å²) in [5.74, 6) is -0.231. The third kappa shape index (κ3) is 5.77. The quantitative estimate of drug-likeness (QED) is 0.282. The molecule has 2 N–H and O–H groups in total. The Labute approximate surface area is 280 Å². The number of carbonyl (C=O) groups is 1. The summed E-state index contributed by atoms with van der Waals surface area (Å²) in [5, 5.41) is 3.04. The molecule has 0 spiro atoms. The summed E-state index contributed by atoms with van der Waals surface area (Å²) >= 11 is 0. The van der Waals surface area contributed by atoms with Crippen LogP contribution in [0.15, 0.2) is 46.0 Å². The summed E-state index contributed by atoms with van der Waals surface area (Å²) in [5.41, 5.74) is 8.08. The SMILES string of the molecule is CCN(c1cc(-c2ccc3c(c2)n(C2CN(C4COC4)C2)c(=O)n3C)cc(C(=O)NCc2c(C)cc(C)[nH]c2=O)c1C)C1CCOCC1. The number of amides is 1. The van der Waals surface area contributed by atoms with Crippen LogP contribution in [0.1, 0.15) is 58.5 Å². The minimum atomic E-state index is -0.231. The van der Waals surface area contributed by atoms with Crippen molar-refractivity contribution in [1.82, 2.24) is 24.3 Å². The fourth-order valence-electron chi connectivity index (χ4n) is 7.67. The maximum atomic E-state index is 14.0. The van der Waals surface area contributed by atoms with E-state index in [1.165, 1.54) is 0 Å². The molecule has 5 heterocycles. The van der Waals surface area contributed by atoms with Gasteiger partial charge in [0.25, 0.3) is 11.5 Å². The molecule has 11 nitrogen and oxygen atoms in total. The zero-order valence-electron chi connectivity index (χ0n) is 28.6. The number of likely N-dealkylation sites (tertiary alicyclic amines) is 1. The molecule has 0 atom stereocenters. The van der Waals surface area contributed by atoms with Gasteiger partial charge in [-0.1, -0.05) is 6.07 Å². The van der Waals surface area contributed by atoms with Gasteiger partial charge in [0.15, 0.2) is 0 Å². The lowest BCUT2D eigenvalue weighted by atomic mass is 9.94. The number of nitrogens with one attached hydrogen (secondary N) is 2. The van der Waals surface area contributed by atoms with Gasteiger partial charge in [0.05, 0.1) is 36.3 Å². The predicted molar refractivity (Wildman–Crippen MR) is 187 cm³/mol. The standard InChI is InChI=1S/C37H46N6O5/c1-6-42(27-9-11-47-12-10-27)33-16-26(14-30(24(33)4)35(44)38-17-31-22(2)13-23(3)39-36(31)45)25-7-8-32-34(15-25)43(37(46)40(32)5)28-18-41(19-28)29-20-48-21-29/h7-8,13-16,27-29H,6,9-12,17-21H2,1-5H3,(H,38,44)(H,39,45). The Morgan fingerprint density at radius 3 is 2.38 bits per heavy atom. The van der Waals surface area contributed by atoms with Gasteiger partial charge in [-0.3, -0.25) is 23.6 Å². The molecular weight excluding hydrogens is 608 g/mol. The van der Waals surface area contributed by atoms with Crippen molar-refractivity contribution in [3.63, 3.8) is 0 Å². The van der Waals surface area contributed by atoms with Crippen LogP contribution in [0.3, 0.4) is 0 Å². The Kier molecular flexibility index (Phi) is 8.78. The first-order valence-electron chi connectivity index (χ1n) is 17.1. The van der Waals surface area contributed by atoms with Gasteiger partial charge < -0.3 is 24.7 Å². The number of hydrogen-bond acceptors (Lipinski definition) is 7. The highest BCUT2D eigenvalue weighted by atomic mass is 16.5. The molecular formula is C37H46N6O5. The number of H-pyrrole nitrogens is 1. The van der Waals surface area contributed by atoms with Gasteiger partial charge >= 0.3 is 5.69 Å². The van der Waals surface area contributed by atoms with Crippen molar-refractivity contribution in [1.29, 1.82) is 0 Å². The first-order valence-corrected chi connectivity index (χ1v) is 17.1. The minimum Gasteiger partial charge on any atom is -0.381 e. The van der Waals surface area contributed by atoms with Gasteiger partial charge in [-0.05, 0) is 93.1 Å². The van der Waals surface area contributed by atoms with Crippen molar-refractivity contribution in [2.24, 2.45) is 7.05 Å². The van der Waals surface area contributed by atoms with E-state index in [1.807, 2.05) is 56.7 Å². The number of ether oxygens (including phenoxy) is 2. The summed E-state index contributed by atoms with van der Waals surface area (Å²) in [7, 11) is 1.83. The Morgan fingerprint density at radius 2 is 1.71 bits per heavy atom. The summed E-state index contributed by atoms with van der Waals surface area (Å²) in [6, 6.07) is 13.1. The first-order chi connectivity index (χ1) is 23.1. The fourth-order valence-corrected chi connectivity index (χ4v) is 7.67. The summed E-state index contributed by atoms with van der Waals surface area (Å²) in [4.78, 5) is 47.9. The van der Waals surface area contributed by atoms with E-state index in [-0.39, 0.29) is 29.7 Å². The number of carbonyl (C=O) groups excluding carboxylic acids is 1. The number of nitrogens with zero attached hydrogens (tertiary/aromatic N) is 4. The number of aromatic amines is 1. The Balaban J connectivity index is 1.28. The van der Waals surface area contributed by atoms with Crippen molar-refractivity contribution in [2.45, 2.75) is 65.2 Å². The van der Waals surface area contributed by atoms with Crippen LogP contribution in [-0.2, 0) is 23.1 Å². The van der Waals surface area contributed by atoms with Crippen molar-refractivity contribution in [3.8, 4) is 11.1 Å². The van der Waals surface area contributed by atoms with E-state index >= 15 is 0 Å². The van der Waals surface area contributed by atoms with E-state index in [4.69, 9.17) is 9.47 Å². The molecule has 2 aromatic heterocycles. The number of pyridine rings is 1. The summed E-state index contributed by atoms with van der Waals surface area (Å²) < 4.78 is 14.7. The van der Waals surface area contributed by atoms with E-state index in [0.29, 0.717) is 36.4 Å². The van der Waals surface area contributed by atoms with Crippen LogP contribution in [0.5, 0.6) is 0 Å². The maximum Gasteiger partial charge on any atom is 0.329 e. The van der Waals surface area contributed by atoms with E-state index in [9.17, 15) is 14.4 Å². The number of benzene rings is 2. The zero-order chi connectivity index (χ0) is 33.7. The van der Waals surface area contributed by atoms with Crippen molar-refractivity contribution in [2.75, 3.05) is 51.0 Å². The number of aryl methyl sites for hydroxylation is 3. The van der Waals surface area contributed by atoms with E-state index in [2.05, 4.69) is 39.2 Å². The topological polar surface area (TPSA) is 114 Å². The second-order valence-corrected chi connectivity index (χ2v) is 13.6. The first kappa shape index (κ1) is 32.4. The van der Waals surface area contributed by atoms with Crippen molar-refractivity contribution < 1.29 is 14.3 Å². The van der Waals surface area contributed by atoms with Gasteiger partial charge in [-0.25, -0.2) is 4.79 Å². The highest BCUT2D eigenvalue weighted by Gasteiger charge is 2.38. The molecule has 3 aliphatic heterocycles. The predicted octanol–water partition coefficient (Wildman–Crippen LogP) is 3.81. The van der Waals surface area contributed by atoms with Crippen LogP contribution in [0, 0.1) is 20.8 Å². The van der Waals surface area contributed by atoms with Gasteiger partial charge in [0.2, 0.25) is 0 Å². The number of hydrogen-bond donors (Lipinski definition) is 2. The second-order valence-electron chi connectivity index (χ2n) is 13.6. The van der Waals surface area contributed by atoms with Crippen LogP contribution >= 0.6 is 0 Å². The lowest BCUT2D eigenvalue weighted by Gasteiger charge is -2.47. The number of imidazole rings is 1. The van der Waals surface area contributed by atoms with Gasteiger partial charge in [0.1, 0.15) is 0 Å². The fraction of sp³-hybridized carbons (Fsp3) is 0.486. The average molecular weight is 655 g/mol. The van der Waals surface area contributed by atoms with Gasteiger partial charge in [-0.2, -0.15) is 0 Å². The number of fused-ring (bicyclic) bond motifs is 1. The van der Waals surface area contributed by atoms with Gasteiger partial charge in [-0.15, -0.1) is 0 Å². The van der Waals surface area contributed by atoms with Crippen LogP contribution in [-0.4, -0.2) is 83.1 Å². The maximum absolute atomic E-state index is 14.0. The molecule has 7 rings (SSSR count). The molecule has 1 amide bonds. The molecule has 0 saturated carbocycles. The molecule has 4 aromatic rings. The normalized spacial score (nSPS) is 17.8. The average Bonchev–Trinajstić information content (AvgIpc) is 3.27. The highest BCUT2D eigenvalue weighted by Crippen LogP contribution is 2.36. The molecule has 254 valence electrons. The molecule has 3 saturated heterocycles. The number of aromatic nitrogens is 3. The molecule has 3 aliphatic rings. The zero-order valence-corrected chi connectivity index (χ0v) is 28.6. The molecule has 0 unspecified atom stereocenters. The van der Waals surface area contributed by atoms with E-state index in [0.717, 1.165) is 90.4 Å². The third-order valence-electron chi connectivity index (χ3n) is 10.6. The molecule has 3 fully saturated rings. The molecule has 48 heavy (non-hydrogen) atoms.